The Hall–Kier alpha value is -2.24. The molecule has 0 amide bonds. The standard InChI is InChI=1S/C18H22F2N4/c1-12-10-17(22-14-6-4-2-3-5-7-14)24-18(21-12)23-16-9-8-13(19)11-15(16)20/h8-11,14H,2-7H2,1H3,(H2,21,22,23,24). The van der Waals surface area contributed by atoms with Crippen LogP contribution in [0.15, 0.2) is 24.3 Å². The number of benzene rings is 1. The third-order valence-corrected chi connectivity index (χ3v) is 4.24. The van der Waals surface area contributed by atoms with E-state index in [-0.39, 0.29) is 5.69 Å². The van der Waals surface area contributed by atoms with Gasteiger partial charge in [0, 0.05) is 23.9 Å². The Labute approximate surface area is 140 Å². The fraction of sp³-hybridized carbons (Fsp3) is 0.444. The molecule has 4 nitrogen and oxygen atoms in total. The van der Waals surface area contributed by atoms with Gasteiger partial charge in [0.15, 0.2) is 0 Å². The van der Waals surface area contributed by atoms with Crippen molar-refractivity contribution in [2.75, 3.05) is 10.6 Å². The van der Waals surface area contributed by atoms with E-state index in [1.54, 1.807) is 0 Å². The van der Waals surface area contributed by atoms with Crippen molar-refractivity contribution in [1.82, 2.24) is 9.97 Å². The second kappa shape index (κ2) is 7.55. The SMILES string of the molecule is Cc1cc(NC2CCCCCC2)nc(Nc2ccc(F)cc2F)n1. The zero-order chi connectivity index (χ0) is 16.9. The van der Waals surface area contributed by atoms with Crippen LogP contribution in [0.3, 0.4) is 0 Å². The summed E-state index contributed by atoms with van der Waals surface area (Å²) in [5, 5.41) is 6.29. The molecule has 1 fully saturated rings. The number of rotatable bonds is 4. The Morgan fingerprint density at radius 3 is 2.46 bits per heavy atom. The van der Waals surface area contributed by atoms with E-state index in [1.807, 2.05) is 13.0 Å². The number of aryl methyl sites for hydroxylation is 1. The van der Waals surface area contributed by atoms with Crippen LogP contribution in [0.25, 0.3) is 0 Å². The second-order valence-corrected chi connectivity index (χ2v) is 6.30. The topological polar surface area (TPSA) is 49.8 Å². The lowest BCUT2D eigenvalue weighted by Gasteiger charge is -2.18. The molecule has 24 heavy (non-hydrogen) atoms. The van der Waals surface area contributed by atoms with Crippen molar-refractivity contribution in [2.24, 2.45) is 0 Å². The molecule has 1 heterocycles. The maximum absolute atomic E-state index is 13.8. The molecule has 0 aliphatic heterocycles. The van der Waals surface area contributed by atoms with Gasteiger partial charge in [-0.2, -0.15) is 4.98 Å². The van der Waals surface area contributed by atoms with Gasteiger partial charge in [0.25, 0.3) is 0 Å². The molecule has 1 aromatic carbocycles. The van der Waals surface area contributed by atoms with Crippen LogP contribution in [0.1, 0.15) is 44.2 Å². The largest absolute Gasteiger partial charge is 0.367 e. The van der Waals surface area contributed by atoms with Crippen molar-refractivity contribution in [3.8, 4) is 0 Å². The summed E-state index contributed by atoms with van der Waals surface area (Å²) in [5.41, 5.74) is 0.938. The van der Waals surface area contributed by atoms with Gasteiger partial charge in [-0.25, -0.2) is 13.8 Å². The van der Waals surface area contributed by atoms with Crippen molar-refractivity contribution in [1.29, 1.82) is 0 Å². The highest BCUT2D eigenvalue weighted by Gasteiger charge is 2.14. The van der Waals surface area contributed by atoms with E-state index >= 15 is 0 Å². The summed E-state index contributed by atoms with van der Waals surface area (Å²) in [4.78, 5) is 8.70. The monoisotopic (exact) mass is 332 g/mol. The van der Waals surface area contributed by atoms with E-state index in [9.17, 15) is 8.78 Å². The molecule has 128 valence electrons. The summed E-state index contributed by atoms with van der Waals surface area (Å²) < 4.78 is 26.8. The van der Waals surface area contributed by atoms with Gasteiger partial charge in [-0.15, -0.1) is 0 Å². The summed E-state index contributed by atoms with van der Waals surface area (Å²) in [6.07, 6.45) is 7.31. The lowest BCUT2D eigenvalue weighted by atomic mass is 10.1. The lowest BCUT2D eigenvalue weighted by Crippen LogP contribution is -2.19. The van der Waals surface area contributed by atoms with Crippen LogP contribution in [0.2, 0.25) is 0 Å². The lowest BCUT2D eigenvalue weighted by molar-refractivity contribution is 0.586. The Bertz CT molecular complexity index is 697. The van der Waals surface area contributed by atoms with Gasteiger partial charge < -0.3 is 10.6 Å². The van der Waals surface area contributed by atoms with E-state index in [2.05, 4.69) is 20.6 Å². The van der Waals surface area contributed by atoms with Crippen LogP contribution < -0.4 is 10.6 Å². The number of nitrogens with one attached hydrogen (secondary N) is 2. The van der Waals surface area contributed by atoms with E-state index in [0.717, 1.165) is 30.4 Å². The van der Waals surface area contributed by atoms with E-state index in [0.29, 0.717) is 12.0 Å². The molecule has 1 saturated carbocycles. The minimum Gasteiger partial charge on any atom is -0.367 e. The first kappa shape index (κ1) is 16.6. The molecule has 3 rings (SSSR count). The Kier molecular flexibility index (Phi) is 5.23. The molecule has 0 unspecified atom stereocenters. The first-order valence-corrected chi connectivity index (χ1v) is 8.44. The Morgan fingerprint density at radius 2 is 1.75 bits per heavy atom. The fourth-order valence-corrected chi connectivity index (χ4v) is 3.04. The van der Waals surface area contributed by atoms with Crippen molar-refractivity contribution in [2.45, 2.75) is 51.5 Å². The van der Waals surface area contributed by atoms with Gasteiger partial charge >= 0.3 is 0 Å². The number of halogens is 2. The zero-order valence-corrected chi connectivity index (χ0v) is 13.8. The molecule has 1 aliphatic rings. The highest BCUT2D eigenvalue weighted by atomic mass is 19.1. The number of anilines is 3. The maximum atomic E-state index is 13.8. The van der Waals surface area contributed by atoms with Crippen LogP contribution in [0.5, 0.6) is 0 Å². The summed E-state index contributed by atoms with van der Waals surface area (Å²) >= 11 is 0. The predicted octanol–water partition coefficient (Wildman–Crippen LogP) is 4.94. The molecule has 1 aliphatic carbocycles. The maximum Gasteiger partial charge on any atom is 0.229 e. The third kappa shape index (κ3) is 4.40. The molecule has 1 aromatic heterocycles. The van der Waals surface area contributed by atoms with E-state index in [1.165, 1.54) is 37.8 Å². The molecular formula is C18H22F2N4. The summed E-state index contributed by atoms with van der Waals surface area (Å²) in [6, 6.07) is 5.68. The normalized spacial score (nSPS) is 15.8. The molecule has 6 heteroatoms. The van der Waals surface area contributed by atoms with Gasteiger partial charge in [0.05, 0.1) is 5.69 Å². The molecular weight excluding hydrogens is 310 g/mol. The Balaban J connectivity index is 1.75. The van der Waals surface area contributed by atoms with Gasteiger partial charge in [-0.1, -0.05) is 25.7 Å². The fourth-order valence-electron chi connectivity index (χ4n) is 3.04. The summed E-state index contributed by atoms with van der Waals surface area (Å²) in [7, 11) is 0. The van der Waals surface area contributed by atoms with Gasteiger partial charge in [0.1, 0.15) is 17.5 Å². The summed E-state index contributed by atoms with van der Waals surface area (Å²) in [5.74, 6) is -0.242. The quantitative estimate of drug-likeness (QED) is 0.779. The smallest absolute Gasteiger partial charge is 0.229 e. The highest BCUT2D eigenvalue weighted by Crippen LogP contribution is 2.23. The number of hydrogen-bond acceptors (Lipinski definition) is 4. The molecule has 0 bridgehead atoms. The van der Waals surface area contributed by atoms with Crippen LogP contribution >= 0.6 is 0 Å². The predicted molar refractivity (Wildman–Crippen MR) is 91.5 cm³/mol. The number of nitrogens with zero attached hydrogens (tertiary/aromatic N) is 2. The van der Waals surface area contributed by atoms with Gasteiger partial charge in [-0.3, -0.25) is 0 Å². The van der Waals surface area contributed by atoms with Crippen LogP contribution in [0.4, 0.5) is 26.2 Å². The van der Waals surface area contributed by atoms with Crippen molar-refractivity contribution >= 4 is 17.5 Å². The summed E-state index contributed by atoms with van der Waals surface area (Å²) in [6.45, 7) is 1.87. The molecule has 2 N–H and O–H groups in total. The first-order chi connectivity index (χ1) is 11.6. The molecule has 2 aromatic rings. The van der Waals surface area contributed by atoms with Crippen LogP contribution in [-0.2, 0) is 0 Å². The molecule has 0 radical (unpaired) electrons. The number of hydrogen-bond donors (Lipinski definition) is 2. The highest BCUT2D eigenvalue weighted by molar-refractivity contribution is 5.56. The Morgan fingerprint density at radius 1 is 1.00 bits per heavy atom. The average Bonchev–Trinajstić information content (AvgIpc) is 2.78. The van der Waals surface area contributed by atoms with Crippen LogP contribution in [0, 0.1) is 18.6 Å². The first-order valence-electron chi connectivity index (χ1n) is 8.44. The van der Waals surface area contributed by atoms with E-state index in [4.69, 9.17) is 0 Å². The molecule has 0 spiro atoms. The second-order valence-electron chi connectivity index (χ2n) is 6.30. The van der Waals surface area contributed by atoms with Crippen molar-refractivity contribution in [3.05, 3.63) is 41.6 Å². The van der Waals surface area contributed by atoms with Crippen LogP contribution in [-0.4, -0.2) is 16.0 Å². The number of aromatic nitrogens is 2. The van der Waals surface area contributed by atoms with Gasteiger partial charge in [-0.05, 0) is 31.9 Å². The molecule has 0 atom stereocenters. The van der Waals surface area contributed by atoms with Crippen molar-refractivity contribution < 1.29 is 8.78 Å². The van der Waals surface area contributed by atoms with Gasteiger partial charge in [0.2, 0.25) is 5.95 Å². The van der Waals surface area contributed by atoms with Crippen molar-refractivity contribution in [3.63, 3.8) is 0 Å². The zero-order valence-electron chi connectivity index (χ0n) is 13.8. The minimum atomic E-state index is -0.668. The third-order valence-electron chi connectivity index (χ3n) is 4.24. The average molecular weight is 332 g/mol. The molecule has 0 saturated heterocycles. The minimum absolute atomic E-state index is 0.155. The van der Waals surface area contributed by atoms with E-state index < -0.39 is 11.6 Å².